The molecule has 2 atom stereocenters. The van der Waals surface area contributed by atoms with E-state index in [1.54, 1.807) is 0 Å². The van der Waals surface area contributed by atoms with Gasteiger partial charge in [-0.05, 0) is 84.4 Å². The van der Waals surface area contributed by atoms with Gasteiger partial charge in [0.05, 0.1) is 0 Å². The van der Waals surface area contributed by atoms with Gasteiger partial charge in [0, 0.05) is 22.0 Å². The van der Waals surface area contributed by atoms with E-state index in [1.165, 1.54) is 77.0 Å². The maximum Gasteiger partial charge on any atom is 0.200 e. The standard InChI is InChI=1S/C22H46O2S4Si2/c1-7-21(29(3,4)23-19-15-11-9-12-16-19)25-27-28-26-22(8-2)30(5,6)24-20-17-13-10-14-18-20/h19-22H,7-18H2,1-6H3. The third-order valence-electron chi connectivity index (χ3n) is 6.68. The van der Waals surface area contributed by atoms with Crippen LogP contribution >= 0.6 is 41.2 Å². The summed E-state index contributed by atoms with van der Waals surface area (Å²) < 4.78 is 13.5. The molecule has 0 aromatic heterocycles. The van der Waals surface area contributed by atoms with E-state index in [0.29, 0.717) is 22.0 Å². The summed E-state index contributed by atoms with van der Waals surface area (Å²) in [6.45, 7) is 14.5. The van der Waals surface area contributed by atoms with E-state index in [-0.39, 0.29) is 0 Å². The highest BCUT2D eigenvalue weighted by Crippen LogP contribution is 2.51. The van der Waals surface area contributed by atoms with Gasteiger partial charge >= 0.3 is 0 Å². The van der Waals surface area contributed by atoms with Crippen LogP contribution in [0.1, 0.15) is 90.9 Å². The van der Waals surface area contributed by atoms with Crippen LogP contribution in [0.5, 0.6) is 0 Å². The van der Waals surface area contributed by atoms with Crippen LogP contribution in [-0.2, 0) is 8.85 Å². The highest BCUT2D eigenvalue weighted by atomic mass is 33.7. The van der Waals surface area contributed by atoms with Crippen LogP contribution in [0, 0.1) is 0 Å². The fourth-order valence-corrected chi connectivity index (χ4v) is 23.9. The molecule has 0 N–H and O–H groups in total. The predicted molar refractivity (Wildman–Crippen MR) is 149 cm³/mol. The molecular weight excluding hydrogens is 481 g/mol. The monoisotopic (exact) mass is 526 g/mol. The summed E-state index contributed by atoms with van der Waals surface area (Å²) in [5.41, 5.74) is 0. The molecule has 2 nitrogen and oxygen atoms in total. The molecule has 2 aliphatic rings. The van der Waals surface area contributed by atoms with E-state index in [0.717, 1.165) is 0 Å². The minimum atomic E-state index is -1.67. The van der Waals surface area contributed by atoms with E-state index in [4.69, 9.17) is 8.85 Å². The molecule has 178 valence electrons. The Morgan fingerprint density at radius 3 is 1.27 bits per heavy atom. The third-order valence-corrected chi connectivity index (χ3v) is 24.4. The molecule has 0 aromatic rings. The van der Waals surface area contributed by atoms with Crippen molar-refractivity contribution in [1.29, 1.82) is 0 Å². The van der Waals surface area contributed by atoms with Crippen LogP contribution in [0.2, 0.25) is 26.2 Å². The summed E-state index contributed by atoms with van der Waals surface area (Å²) in [4.78, 5) is 1.34. The van der Waals surface area contributed by atoms with Gasteiger partial charge in [0.2, 0.25) is 16.6 Å². The molecule has 2 unspecified atom stereocenters. The molecule has 2 rings (SSSR count). The number of hydrogen-bond acceptors (Lipinski definition) is 6. The van der Waals surface area contributed by atoms with Crippen molar-refractivity contribution in [3.05, 3.63) is 0 Å². The van der Waals surface area contributed by atoms with Gasteiger partial charge in [0.1, 0.15) is 0 Å². The van der Waals surface area contributed by atoms with Crippen molar-refractivity contribution in [2.75, 3.05) is 0 Å². The molecule has 0 aliphatic heterocycles. The zero-order valence-electron chi connectivity index (χ0n) is 20.2. The van der Waals surface area contributed by atoms with E-state index in [9.17, 15) is 0 Å². The average molecular weight is 527 g/mol. The summed E-state index contributed by atoms with van der Waals surface area (Å²) in [7, 11) is 4.83. The smallest absolute Gasteiger partial charge is 0.200 e. The van der Waals surface area contributed by atoms with Gasteiger partial charge < -0.3 is 8.85 Å². The molecule has 0 bridgehead atoms. The Kier molecular flexibility index (Phi) is 13.3. The van der Waals surface area contributed by atoms with Crippen molar-refractivity contribution in [1.82, 2.24) is 0 Å². The van der Waals surface area contributed by atoms with Crippen molar-refractivity contribution >= 4 is 57.9 Å². The van der Waals surface area contributed by atoms with Crippen LogP contribution in [0.4, 0.5) is 0 Å². The maximum absolute atomic E-state index is 6.75. The molecule has 0 aromatic carbocycles. The predicted octanol–water partition coefficient (Wildman–Crippen LogP) is 9.41. The maximum atomic E-state index is 6.75. The first-order valence-electron chi connectivity index (χ1n) is 12.3. The molecule has 2 fully saturated rings. The lowest BCUT2D eigenvalue weighted by Crippen LogP contribution is -2.46. The van der Waals surface area contributed by atoms with Crippen LogP contribution in [0.3, 0.4) is 0 Å². The van der Waals surface area contributed by atoms with Crippen molar-refractivity contribution in [2.45, 2.75) is 139 Å². The van der Waals surface area contributed by atoms with Crippen molar-refractivity contribution in [2.24, 2.45) is 0 Å². The summed E-state index contributed by atoms with van der Waals surface area (Å²) in [5, 5.41) is 0. The Morgan fingerprint density at radius 1 is 0.633 bits per heavy atom. The van der Waals surface area contributed by atoms with E-state index in [1.807, 2.05) is 19.7 Å². The molecule has 2 aliphatic carbocycles. The second-order valence-electron chi connectivity index (χ2n) is 10.1. The molecule has 0 saturated heterocycles. The SMILES string of the molecule is CCC(SSSSC(CC)[Si](C)(C)OC1CCCCC1)[Si](C)(C)OC1CCCCC1. The normalized spacial score (nSPS) is 22.2. The molecule has 8 heteroatoms. The van der Waals surface area contributed by atoms with Gasteiger partial charge in [-0.2, -0.15) is 0 Å². The van der Waals surface area contributed by atoms with Crippen molar-refractivity contribution < 1.29 is 8.85 Å². The second-order valence-corrected chi connectivity index (χ2v) is 25.4. The molecule has 30 heavy (non-hydrogen) atoms. The Bertz CT molecular complexity index is 428. The first-order valence-corrected chi connectivity index (χ1v) is 23.2. The number of hydrogen-bond donors (Lipinski definition) is 0. The highest BCUT2D eigenvalue weighted by molar-refractivity contribution is 9.26. The third kappa shape index (κ3) is 9.55. The van der Waals surface area contributed by atoms with Gasteiger partial charge in [-0.3, -0.25) is 0 Å². The Morgan fingerprint density at radius 2 is 0.967 bits per heavy atom. The molecule has 0 spiro atoms. The fourth-order valence-electron chi connectivity index (χ4n) is 4.85. The minimum absolute atomic E-state index is 0.537. The first kappa shape index (κ1) is 28.0. The van der Waals surface area contributed by atoms with E-state index >= 15 is 0 Å². The van der Waals surface area contributed by atoms with Gasteiger partial charge in [-0.1, -0.05) is 74.0 Å². The molecule has 2 saturated carbocycles. The van der Waals surface area contributed by atoms with Crippen LogP contribution < -0.4 is 0 Å². The van der Waals surface area contributed by atoms with Crippen LogP contribution in [0.15, 0.2) is 0 Å². The Balaban J connectivity index is 1.75. The topological polar surface area (TPSA) is 18.5 Å². The van der Waals surface area contributed by atoms with Crippen LogP contribution in [0.25, 0.3) is 0 Å². The molecular formula is C22H46O2S4Si2. The summed E-state index contributed by atoms with van der Waals surface area (Å²) in [5.74, 6) is 0. The average Bonchev–Trinajstić information content (AvgIpc) is 2.71. The quantitative estimate of drug-likeness (QED) is 0.134. The lowest BCUT2D eigenvalue weighted by atomic mass is 9.98. The van der Waals surface area contributed by atoms with Gasteiger partial charge in [-0.25, -0.2) is 0 Å². The largest absolute Gasteiger partial charge is 0.413 e. The Labute approximate surface area is 204 Å². The lowest BCUT2D eigenvalue weighted by molar-refractivity contribution is 0.144. The van der Waals surface area contributed by atoms with Crippen LogP contribution in [-0.4, -0.2) is 38.6 Å². The first-order chi connectivity index (χ1) is 14.3. The fraction of sp³-hybridized carbons (Fsp3) is 1.00. The zero-order valence-corrected chi connectivity index (χ0v) is 25.5. The van der Waals surface area contributed by atoms with Crippen molar-refractivity contribution in [3.63, 3.8) is 0 Å². The molecule has 0 amide bonds. The summed E-state index contributed by atoms with van der Waals surface area (Å²) >= 11 is 0. The van der Waals surface area contributed by atoms with Gasteiger partial charge in [0.25, 0.3) is 0 Å². The number of rotatable bonds is 13. The second kappa shape index (κ2) is 14.2. The van der Waals surface area contributed by atoms with Gasteiger partial charge in [-0.15, -0.1) is 0 Å². The highest BCUT2D eigenvalue weighted by Gasteiger charge is 2.38. The van der Waals surface area contributed by atoms with Gasteiger partial charge in [0.15, 0.2) is 0 Å². The summed E-state index contributed by atoms with van der Waals surface area (Å²) in [6.07, 6.45) is 16.9. The summed E-state index contributed by atoms with van der Waals surface area (Å²) in [6, 6.07) is 0. The molecule has 0 heterocycles. The van der Waals surface area contributed by atoms with E-state index in [2.05, 4.69) is 61.6 Å². The van der Waals surface area contributed by atoms with Crippen molar-refractivity contribution in [3.8, 4) is 0 Å². The lowest BCUT2D eigenvalue weighted by Gasteiger charge is -2.37. The molecule has 0 radical (unpaired) electrons. The zero-order chi connectivity index (χ0) is 22.0. The van der Waals surface area contributed by atoms with E-state index < -0.39 is 16.6 Å². The minimum Gasteiger partial charge on any atom is -0.413 e. The Hall–Kier alpha value is 1.75.